The first kappa shape index (κ1) is 9.40. The Morgan fingerprint density at radius 2 is 2.00 bits per heavy atom. The molecule has 0 saturated carbocycles. The van der Waals surface area contributed by atoms with E-state index in [4.69, 9.17) is 14.2 Å². The molecule has 4 heteroatoms. The molecule has 3 atom stereocenters. The van der Waals surface area contributed by atoms with Gasteiger partial charge in [-0.25, -0.2) is 0 Å². The van der Waals surface area contributed by atoms with Crippen LogP contribution in [0.3, 0.4) is 0 Å². The average molecular weight is 188 g/mol. The molecule has 76 valence electrons. The Hall–Kier alpha value is -0.160. The molecule has 0 amide bonds. The van der Waals surface area contributed by atoms with E-state index in [2.05, 4.69) is 0 Å². The largest absolute Gasteiger partial charge is 0.366 e. The Kier molecular flexibility index (Phi) is 3.16. The summed E-state index contributed by atoms with van der Waals surface area (Å²) in [4.78, 5) is 0. The van der Waals surface area contributed by atoms with Gasteiger partial charge in [0.1, 0.15) is 6.10 Å². The Bertz CT molecular complexity index is 156. The summed E-state index contributed by atoms with van der Waals surface area (Å²) in [7, 11) is 0. The first-order valence-corrected chi connectivity index (χ1v) is 4.93. The standard InChI is InChI=1S/C9H16O4/c10-9-7(4-6-12-9)13-8-3-1-2-5-11-8/h7-10H,1-6H2. The van der Waals surface area contributed by atoms with E-state index in [0.29, 0.717) is 6.61 Å². The smallest absolute Gasteiger partial charge is 0.181 e. The molecule has 13 heavy (non-hydrogen) atoms. The van der Waals surface area contributed by atoms with Crippen LogP contribution in [0.5, 0.6) is 0 Å². The van der Waals surface area contributed by atoms with Gasteiger partial charge < -0.3 is 19.3 Å². The molecule has 2 aliphatic heterocycles. The van der Waals surface area contributed by atoms with Gasteiger partial charge >= 0.3 is 0 Å². The van der Waals surface area contributed by atoms with E-state index in [1.165, 1.54) is 0 Å². The fourth-order valence-electron chi connectivity index (χ4n) is 1.70. The highest BCUT2D eigenvalue weighted by molar-refractivity contribution is 4.69. The zero-order valence-electron chi connectivity index (χ0n) is 7.65. The molecule has 2 rings (SSSR count). The van der Waals surface area contributed by atoms with Gasteiger partial charge in [0.05, 0.1) is 6.61 Å². The van der Waals surface area contributed by atoms with Crippen molar-refractivity contribution in [3.8, 4) is 0 Å². The molecule has 2 fully saturated rings. The van der Waals surface area contributed by atoms with Crippen molar-refractivity contribution in [1.29, 1.82) is 0 Å². The molecule has 0 bridgehead atoms. The monoisotopic (exact) mass is 188 g/mol. The van der Waals surface area contributed by atoms with Crippen molar-refractivity contribution in [1.82, 2.24) is 0 Å². The molecule has 0 aromatic heterocycles. The van der Waals surface area contributed by atoms with Crippen LogP contribution in [0.2, 0.25) is 0 Å². The quantitative estimate of drug-likeness (QED) is 0.690. The molecule has 0 aliphatic carbocycles. The van der Waals surface area contributed by atoms with Crippen molar-refractivity contribution < 1.29 is 19.3 Å². The van der Waals surface area contributed by atoms with E-state index in [1.807, 2.05) is 0 Å². The van der Waals surface area contributed by atoms with Gasteiger partial charge in [0.25, 0.3) is 0 Å². The van der Waals surface area contributed by atoms with Crippen LogP contribution < -0.4 is 0 Å². The number of rotatable bonds is 2. The molecule has 0 spiro atoms. The van der Waals surface area contributed by atoms with Crippen LogP contribution in [0.15, 0.2) is 0 Å². The zero-order valence-corrected chi connectivity index (χ0v) is 7.65. The number of hydrogen-bond donors (Lipinski definition) is 1. The second-order valence-electron chi connectivity index (χ2n) is 3.52. The number of hydrogen-bond acceptors (Lipinski definition) is 4. The van der Waals surface area contributed by atoms with E-state index in [9.17, 15) is 5.11 Å². The lowest BCUT2D eigenvalue weighted by Crippen LogP contribution is -2.32. The third-order valence-corrected chi connectivity index (χ3v) is 2.47. The lowest BCUT2D eigenvalue weighted by molar-refractivity contribution is -0.223. The maximum atomic E-state index is 9.32. The molecule has 2 heterocycles. The normalized spacial score (nSPS) is 40.8. The SMILES string of the molecule is OC1OCCC1OC1CCCCO1. The molecule has 0 radical (unpaired) electrons. The molecule has 1 N–H and O–H groups in total. The molecule has 2 saturated heterocycles. The summed E-state index contributed by atoms with van der Waals surface area (Å²) in [5.41, 5.74) is 0. The first-order chi connectivity index (χ1) is 6.36. The van der Waals surface area contributed by atoms with Gasteiger partial charge in [0.15, 0.2) is 12.6 Å². The Balaban J connectivity index is 1.75. The second kappa shape index (κ2) is 4.37. The van der Waals surface area contributed by atoms with Gasteiger partial charge in [-0.05, 0) is 19.3 Å². The molecule has 3 unspecified atom stereocenters. The summed E-state index contributed by atoms with van der Waals surface area (Å²) in [6, 6.07) is 0. The van der Waals surface area contributed by atoms with E-state index in [0.717, 1.165) is 32.3 Å². The maximum absolute atomic E-state index is 9.32. The highest BCUT2D eigenvalue weighted by atomic mass is 16.7. The summed E-state index contributed by atoms with van der Waals surface area (Å²) in [6.07, 6.45) is 2.88. The van der Waals surface area contributed by atoms with E-state index >= 15 is 0 Å². The summed E-state index contributed by atoms with van der Waals surface area (Å²) < 4.78 is 15.9. The zero-order chi connectivity index (χ0) is 9.10. The minimum Gasteiger partial charge on any atom is -0.366 e. The van der Waals surface area contributed by atoms with E-state index in [-0.39, 0.29) is 12.4 Å². The number of ether oxygens (including phenoxy) is 3. The second-order valence-corrected chi connectivity index (χ2v) is 3.52. The van der Waals surface area contributed by atoms with Crippen LogP contribution in [0.1, 0.15) is 25.7 Å². The minimum atomic E-state index is -0.759. The van der Waals surface area contributed by atoms with E-state index in [1.54, 1.807) is 0 Å². The fraction of sp³-hybridized carbons (Fsp3) is 1.00. The van der Waals surface area contributed by atoms with Crippen molar-refractivity contribution in [2.24, 2.45) is 0 Å². The predicted molar refractivity (Wildman–Crippen MR) is 45.0 cm³/mol. The highest BCUT2D eigenvalue weighted by Gasteiger charge is 2.30. The van der Waals surface area contributed by atoms with Crippen LogP contribution in [0, 0.1) is 0 Å². The topological polar surface area (TPSA) is 47.9 Å². The maximum Gasteiger partial charge on any atom is 0.181 e. The van der Waals surface area contributed by atoms with Gasteiger partial charge in [0.2, 0.25) is 0 Å². The molecule has 4 nitrogen and oxygen atoms in total. The van der Waals surface area contributed by atoms with Crippen molar-refractivity contribution in [3.05, 3.63) is 0 Å². The first-order valence-electron chi connectivity index (χ1n) is 4.93. The van der Waals surface area contributed by atoms with Crippen molar-refractivity contribution in [3.63, 3.8) is 0 Å². The number of aliphatic hydroxyl groups excluding tert-OH is 1. The molecule has 2 aliphatic rings. The Labute approximate surface area is 77.8 Å². The van der Waals surface area contributed by atoms with Gasteiger partial charge in [0, 0.05) is 13.0 Å². The van der Waals surface area contributed by atoms with Crippen LogP contribution in [0.25, 0.3) is 0 Å². The van der Waals surface area contributed by atoms with Crippen molar-refractivity contribution in [2.75, 3.05) is 13.2 Å². The van der Waals surface area contributed by atoms with E-state index < -0.39 is 6.29 Å². The van der Waals surface area contributed by atoms with Gasteiger partial charge in [-0.15, -0.1) is 0 Å². The summed E-state index contributed by atoms with van der Waals surface area (Å²) in [6.45, 7) is 1.35. The third-order valence-electron chi connectivity index (χ3n) is 2.47. The average Bonchev–Trinajstić information content (AvgIpc) is 2.54. The van der Waals surface area contributed by atoms with Crippen LogP contribution in [-0.2, 0) is 14.2 Å². The summed E-state index contributed by atoms with van der Waals surface area (Å²) >= 11 is 0. The molecule has 0 aromatic rings. The predicted octanol–water partition coefficient (Wildman–Crippen LogP) is 0.637. The van der Waals surface area contributed by atoms with Gasteiger partial charge in [-0.1, -0.05) is 0 Å². The summed E-state index contributed by atoms with van der Waals surface area (Å²) in [5.74, 6) is 0. The highest BCUT2D eigenvalue weighted by Crippen LogP contribution is 2.21. The van der Waals surface area contributed by atoms with Crippen molar-refractivity contribution in [2.45, 2.75) is 44.4 Å². The molecule has 0 aromatic carbocycles. The molecular formula is C9H16O4. The third kappa shape index (κ3) is 2.40. The fourth-order valence-corrected chi connectivity index (χ4v) is 1.70. The number of aliphatic hydroxyl groups is 1. The van der Waals surface area contributed by atoms with Crippen molar-refractivity contribution >= 4 is 0 Å². The Morgan fingerprint density at radius 3 is 2.62 bits per heavy atom. The van der Waals surface area contributed by atoms with Crippen LogP contribution in [0.4, 0.5) is 0 Å². The van der Waals surface area contributed by atoms with Crippen LogP contribution in [-0.4, -0.2) is 37.0 Å². The summed E-state index contributed by atoms with van der Waals surface area (Å²) in [5, 5.41) is 9.32. The Morgan fingerprint density at radius 1 is 1.08 bits per heavy atom. The van der Waals surface area contributed by atoms with Crippen LogP contribution >= 0.6 is 0 Å². The minimum absolute atomic E-state index is 0.130. The lowest BCUT2D eigenvalue weighted by atomic mass is 10.2. The van der Waals surface area contributed by atoms with Gasteiger partial charge in [-0.3, -0.25) is 0 Å². The molecular weight excluding hydrogens is 172 g/mol. The lowest BCUT2D eigenvalue weighted by Gasteiger charge is -2.26. The van der Waals surface area contributed by atoms with Gasteiger partial charge in [-0.2, -0.15) is 0 Å².